The molecular weight excluding hydrogens is 285 g/mol. The first-order valence-corrected chi connectivity index (χ1v) is 6.88. The Hall–Kier alpha value is -2.40. The summed E-state index contributed by atoms with van der Waals surface area (Å²) >= 11 is 0. The maximum absolute atomic E-state index is 13.8. The minimum Gasteiger partial charge on any atom is -0.497 e. The highest BCUT2D eigenvalue weighted by atomic mass is 19.1. The molecule has 2 aromatic rings. The SMILES string of the molecule is COc1ccc(C(=O)NCC(O)c2ccccc2C)c(F)c1. The zero-order chi connectivity index (χ0) is 16.1. The number of rotatable bonds is 5. The summed E-state index contributed by atoms with van der Waals surface area (Å²) < 4.78 is 18.7. The maximum atomic E-state index is 13.8. The third-order valence-corrected chi connectivity index (χ3v) is 3.42. The zero-order valence-corrected chi connectivity index (χ0v) is 12.5. The van der Waals surface area contributed by atoms with Gasteiger partial charge in [-0.3, -0.25) is 4.79 Å². The first-order chi connectivity index (χ1) is 10.5. The maximum Gasteiger partial charge on any atom is 0.254 e. The van der Waals surface area contributed by atoms with E-state index in [1.54, 1.807) is 6.07 Å². The minimum atomic E-state index is -0.841. The molecule has 2 rings (SSSR count). The molecule has 5 heteroatoms. The van der Waals surface area contributed by atoms with Crippen molar-refractivity contribution in [2.75, 3.05) is 13.7 Å². The van der Waals surface area contributed by atoms with Gasteiger partial charge in [0.25, 0.3) is 5.91 Å². The second-order valence-corrected chi connectivity index (χ2v) is 4.93. The molecule has 0 aliphatic rings. The number of amides is 1. The Morgan fingerprint density at radius 2 is 2.05 bits per heavy atom. The van der Waals surface area contributed by atoms with Gasteiger partial charge in [-0.05, 0) is 30.2 Å². The lowest BCUT2D eigenvalue weighted by atomic mass is 10.0. The molecule has 2 aromatic carbocycles. The van der Waals surface area contributed by atoms with E-state index in [2.05, 4.69) is 5.32 Å². The molecule has 116 valence electrons. The van der Waals surface area contributed by atoms with Crippen LogP contribution in [0, 0.1) is 12.7 Å². The number of nitrogens with one attached hydrogen (secondary N) is 1. The molecule has 0 aliphatic heterocycles. The van der Waals surface area contributed by atoms with Gasteiger partial charge in [0.2, 0.25) is 0 Å². The van der Waals surface area contributed by atoms with E-state index in [1.807, 2.05) is 25.1 Å². The zero-order valence-electron chi connectivity index (χ0n) is 12.5. The number of hydrogen-bond acceptors (Lipinski definition) is 3. The van der Waals surface area contributed by atoms with E-state index in [-0.39, 0.29) is 12.1 Å². The summed E-state index contributed by atoms with van der Waals surface area (Å²) in [6.45, 7) is 1.89. The van der Waals surface area contributed by atoms with Gasteiger partial charge in [0, 0.05) is 12.6 Å². The first-order valence-electron chi connectivity index (χ1n) is 6.88. The molecule has 0 heterocycles. The van der Waals surface area contributed by atoms with E-state index in [9.17, 15) is 14.3 Å². The lowest BCUT2D eigenvalue weighted by Crippen LogP contribution is -2.29. The molecular formula is C17H18FNO3. The molecule has 4 nitrogen and oxygen atoms in total. The number of benzene rings is 2. The summed E-state index contributed by atoms with van der Waals surface area (Å²) in [6, 6.07) is 11.4. The first kappa shape index (κ1) is 16.0. The Balaban J connectivity index is 2.02. The predicted molar refractivity (Wildman–Crippen MR) is 81.4 cm³/mol. The second kappa shape index (κ2) is 7.04. The van der Waals surface area contributed by atoms with Crippen molar-refractivity contribution < 1.29 is 19.0 Å². The number of aryl methyl sites for hydroxylation is 1. The fraction of sp³-hybridized carbons (Fsp3) is 0.235. The molecule has 1 amide bonds. The van der Waals surface area contributed by atoms with Gasteiger partial charge >= 0.3 is 0 Å². The second-order valence-electron chi connectivity index (χ2n) is 4.93. The topological polar surface area (TPSA) is 58.6 Å². The molecule has 0 saturated heterocycles. The number of carbonyl (C=O) groups is 1. The van der Waals surface area contributed by atoms with Gasteiger partial charge in [-0.15, -0.1) is 0 Å². The number of ether oxygens (including phenoxy) is 1. The molecule has 0 aliphatic carbocycles. The van der Waals surface area contributed by atoms with Crippen LogP contribution in [0.3, 0.4) is 0 Å². The van der Waals surface area contributed by atoms with Crippen LogP contribution in [0.15, 0.2) is 42.5 Å². The lowest BCUT2D eigenvalue weighted by Gasteiger charge is -2.14. The fourth-order valence-corrected chi connectivity index (χ4v) is 2.16. The van der Waals surface area contributed by atoms with Crippen LogP contribution in [0.5, 0.6) is 5.75 Å². The number of methoxy groups -OCH3 is 1. The Kier molecular flexibility index (Phi) is 5.12. The quantitative estimate of drug-likeness (QED) is 0.892. The van der Waals surface area contributed by atoms with Gasteiger partial charge in [-0.25, -0.2) is 4.39 Å². The molecule has 1 atom stereocenters. The molecule has 0 bridgehead atoms. The Morgan fingerprint density at radius 3 is 2.68 bits per heavy atom. The van der Waals surface area contributed by atoms with Crippen LogP contribution in [0.4, 0.5) is 4.39 Å². The van der Waals surface area contributed by atoms with E-state index in [0.717, 1.165) is 17.2 Å². The van der Waals surface area contributed by atoms with Gasteiger partial charge in [0.05, 0.1) is 18.8 Å². The lowest BCUT2D eigenvalue weighted by molar-refractivity contribution is 0.0912. The van der Waals surface area contributed by atoms with Gasteiger partial charge in [-0.1, -0.05) is 24.3 Å². The summed E-state index contributed by atoms with van der Waals surface area (Å²) in [7, 11) is 1.42. The standard InChI is InChI=1S/C17H18FNO3/c1-11-5-3-4-6-13(11)16(20)10-19-17(21)14-8-7-12(22-2)9-15(14)18/h3-9,16,20H,10H2,1-2H3,(H,19,21). The van der Waals surface area contributed by atoms with Crippen LogP contribution in [-0.4, -0.2) is 24.7 Å². The van der Waals surface area contributed by atoms with Crippen LogP contribution in [0.2, 0.25) is 0 Å². The Bertz CT molecular complexity index is 673. The molecule has 0 fully saturated rings. The van der Waals surface area contributed by atoms with Gasteiger partial charge < -0.3 is 15.2 Å². The van der Waals surface area contributed by atoms with Crippen molar-refractivity contribution >= 4 is 5.91 Å². The highest BCUT2D eigenvalue weighted by Crippen LogP contribution is 2.18. The number of halogens is 1. The molecule has 22 heavy (non-hydrogen) atoms. The molecule has 0 saturated carbocycles. The monoisotopic (exact) mass is 303 g/mol. The summed E-state index contributed by atoms with van der Waals surface area (Å²) in [5.74, 6) is -0.899. The fourth-order valence-electron chi connectivity index (χ4n) is 2.16. The third-order valence-electron chi connectivity index (χ3n) is 3.42. The normalized spacial score (nSPS) is 11.8. The van der Waals surface area contributed by atoms with E-state index in [0.29, 0.717) is 5.75 Å². The van der Waals surface area contributed by atoms with Crippen molar-refractivity contribution in [3.8, 4) is 5.75 Å². The van der Waals surface area contributed by atoms with Crippen molar-refractivity contribution in [2.45, 2.75) is 13.0 Å². The van der Waals surface area contributed by atoms with Crippen LogP contribution < -0.4 is 10.1 Å². The predicted octanol–water partition coefficient (Wildman–Crippen LogP) is 2.61. The molecule has 2 N–H and O–H groups in total. The third kappa shape index (κ3) is 3.62. The largest absolute Gasteiger partial charge is 0.497 e. The van der Waals surface area contributed by atoms with Crippen molar-refractivity contribution in [3.63, 3.8) is 0 Å². The van der Waals surface area contributed by atoms with Gasteiger partial charge in [0.1, 0.15) is 11.6 Å². The minimum absolute atomic E-state index is 0.00908. The number of carbonyl (C=O) groups excluding carboxylic acids is 1. The number of hydrogen-bond donors (Lipinski definition) is 2. The Labute approximate surface area is 128 Å². The highest BCUT2D eigenvalue weighted by molar-refractivity contribution is 5.94. The summed E-state index contributed by atoms with van der Waals surface area (Å²) in [5.41, 5.74) is 1.58. The van der Waals surface area contributed by atoms with Crippen LogP contribution >= 0.6 is 0 Å². The van der Waals surface area contributed by atoms with Crippen LogP contribution in [-0.2, 0) is 0 Å². The molecule has 0 spiro atoms. The van der Waals surface area contributed by atoms with E-state index in [1.165, 1.54) is 19.2 Å². The van der Waals surface area contributed by atoms with Gasteiger partial charge in [0.15, 0.2) is 0 Å². The number of aliphatic hydroxyl groups is 1. The van der Waals surface area contributed by atoms with Crippen molar-refractivity contribution in [2.24, 2.45) is 0 Å². The molecule has 1 unspecified atom stereocenters. The van der Waals surface area contributed by atoms with E-state index in [4.69, 9.17) is 4.74 Å². The Morgan fingerprint density at radius 1 is 1.32 bits per heavy atom. The van der Waals surface area contributed by atoms with Crippen LogP contribution in [0.1, 0.15) is 27.6 Å². The van der Waals surface area contributed by atoms with Crippen molar-refractivity contribution in [1.82, 2.24) is 5.32 Å². The van der Waals surface area contributed by atoms with E-state index < -0.39 is 17.8 Å². The summed E-state index contributed by atoms with van der Waals surface area (Å²) in [4.78, 5) is 12.0. The average Bonchev–Trinajstić information content (AvgIpc) is 2.52. The van der Waals surface area contributed by atoms with Crippen LogP contribution in [0.25, 0.3) is 0 Å². The van der Waals surface area contributed by atoms with Crippen molar-refractivity contribution in [1.29, 1.82) is 0 Å². The molecule has 0 radical (unpaired) electrons. The summed E-state index contributed by atoms with van der Waals surface area (Å²) in [5, 5.41) is 12.7. The van der Waals surface area contributed by atoms with Gasteiger partial charge in [-0.2, -0.15) is 0 Å². The summed E-state index contributed by atoms with van der Waals surface area (Å²) in [6.07, 6.45) is -0.841. The smallest absolute Gasteiger partial charge is 0.254 e. The number of aliphatic hydroxyl groups excluding tert-OH is 1. The highest BCUT2D eigenvalue weighted by Gasteiger charge is 2.15. The van der Waals surface area contributed by atoms with Crippen molar-refractivity contribution in [3.05, 3.63) is 65.0 Å². The van der Waals surface area contributed by atoms with E-state index >= 15 is 0 Å². The average molecular weight is 303 g/mol. The molecule has 0 aromatic heterocycles.